The fourth-order valence-electron chi connectivity index (χ4n) is 4.51. The Bertz CT molecular complexity index is 414. The summed E-state index contributed by atoms with van der Waals surface area (Å²) in [5.41, 5.74) is 2.52. The van der Waals surface area contributed by atoms with E-state index in [2.05, 4.69) is 46.8 Å². The van der Waals surface area contributed by atoms with Crippen molar-refractivity contribution < 1.29 is 5.11 Å². The van der Waals surface area contributed by atoms with E-state index < -0.39 is 5.60 Å². The van der Waals surface area contributed by atoms with Crippen LogP contribution in [0.2, 0.25) is 0 Å². The Morgan fingerprint density at radius 3 is 2.52 bits per heavy atom. The molecule has 1 nitrogen and oxygen atoms in total. The molecule has 0 heterocycles. The maximum Gasteiger partial charge on any atom is 0.0653 e. The van der Waals surface area contributed by atoms with Gasteiger partial charge in [-0.05, 0) is 83.0 Å². The van der Waals surface area contributed by atoms with Crippen molar-refractivity contribution in [3.8, 4) is 0 Å². The molecule has 1 heteroatoms. The molecule has 0 aromatic heterocycles. The molecule has 0 aromatic rings. The summed E-state index contributed by atoms with van der Waals surface area (Å²) in [5, 5.41) is 11.0. The van der Waals surface area contributed by atoms with Gasteiger partial charge >= 0.3 is 0 Å². The van der Waals surface area contributed by atoms with Crippen LogP contribution in [0, 0.1) is 23.7 Å². The van der Waals surface area contributed by atoms with Crippen molar-refractivity contribution in [3.63, 3.8) is 0 Å². The van der Waals surface area contributed by atoms with Crippen LogP contribution >= 0.6 is 0 Å². The molecule has 0 aliphatic heterocycles. The molecule has 0 unspecified atom stereocenters. The maximum atomic E-state index is 11.0. The summed E-state index contributed by atoms with van der Waals surface area (Å²) >= 11 is 0. The molecular weight excluding hydrogens is 256 g/mol. The van der Waals surface area contributed by atoms with Gasteiger partial charge in [-0.2, -0.15) is 0 Å². The third-order valence-corrected chi connectivity index (χ3v) is 5.96. The smallest absolute Gasteiger partial charge is 0.0653 e. The number of fused-ring (bicyclic) bond motifs is 1. The van der Waals surface area contributed by atoms with Crippen molar-refractivity contribution in [2.45, 2.75) is 78.7 Å². The predicted molar refractivity (Wildman–Crippen MR) is 91.1 cm³/mol. The number of allylic oxidation sites excluding steroid dienone is 4. The Labute approximate surface area is 131 Å². The SMILES string of the molecule is CC1=C[C@H]2[C@H](C(C)C)CC[C@](C)(O)[C@H]2CCC(C)=CCC1. The first-order valence-electron chi connectivity index (χ1n) is 8.86. The number of aliphatic hydroxyl groups is 1. The van der Waals surface area contributed by atoms with E-state index in [4.69, 9.17) is 0 Å². The summed E-state index contributed by atoms with van der Waals surface area (Å²) in [7, 11) is 0. The summed E-state index contributed by atoms with van der Waals surface area (Å²) in [6.45, 7) is 11.3. The standard InChI is InChI=1S/C20H34O/c1-14(2)17-11-12-20(5,21)19-10-9-15(3)7-6-8-16(4)13-18(17)19/h7,13-14,17-19,21H,6,8-12H2,1-5H3/t17-,18-,19-,20-/m0/s1. The van der Waals surface area contributed by atoms with E-state index in [1.807, 2.05) is 0 Å². The minimum Gasteiger partial charge on any atom is -0.390 e. The highest BCUT2D eigenvalue weighted by molar-refractivity contribution is 5.12. The normalized spacial score (nSPS) is 38.5. The molecule has 0 spiro atoms. The van der Waals surface area contributed by atoms with E-state index >= 15 is 0 Å². The van der Waals surface area contributed by atoms with Crippen molar-refractivity contribution in [1.29, 1.82) is 0 Å². The lowest BCUT2D eigenvalue weighted by Gasteiger charge is -2.48. The molecule has 1 saturated carbocycles. The van der Waals surface area contributed by atoms with E-state index in [-0.39, 0.29) is 0 Å². The first-order chi connectivity index (χ1) is 9.81. The van der Waals surface area contributed by atoms with Crippen LogP contribution in [0.1, 0.15) is 73.1 Å². The second-order valence-electron chi connectivity index (χ2n) is 8.13. The molecular formula is C20H34O. The number of hydrogen-bond donors (Lipinski definition) is 1. The highest BCUT2D eigenvalue weighted by Crippen LogP contribution is 2.48. The molecule has 0 aromatic carbocycles. The average Bonchev–Trinajstić information content (AvgIpc) is 2.36. The number of rotatable bonds is 1. The summed E-state index contributed by atoms with van der Waals surface area (Å²) < 4.78 is 0. The van der Waals surface area contributed by atoms with Crippen molar-refractivity contribution in [2.24, 2.45) is 23.7 Å². The van der Waals surface area contributed by atoms with E-state index in [9.17, 15) is 5.11 Å². The summed E-state index contributed by atoms with van der Waals surface area (Å²) in [5.74, 6) is 2.40. The van der Waals surface area contributed by atoms with E-state index in [0.717, 1.165) is 25.2 Å². The van der Waals surface area contributed by atoms with Crippen LogP contribution in [0.25, 0.3) is 0 Å². The molecule has 21 heavy (non-hydrogen) atoms. The minimum atomic E-state index is -0.494. The van der Waals surface area contributed by atoms with Gasteiger partial charge in [0.15, 0.2) is 0 Å². The second kappa shape index (κ2) is 6.69. The lowest BCUT2D eigenvalue weighted by atomic mass is 9.60. The van der Waals surface area contributed by atoms with Crippen LogP contribution in [0.15, 0.2) is 23.3 Å². The highest BCUT2D eigenvalue weighted by Gasteiger charge is 2.44. The fourth-order valence-corrected chi connectivity index (χ4v) is 4.51. The van der Waals surface area contributed by atoms with Crippen LogP contribution in [0.5, 0.6) is 0 Å². The molecule has 2 aliphatic carbocycles. The average molecular weight is 290 g/mol. The molecule has 0 bridgehead atoms. The van der Waals surface area contributed by atoms with E-state index in [1.54, 1.807) is 0 Å². The zero-order chi connectivity index (χ0) is 15.6. The van der Waals surface area contributed by atoms with Crippen LogP contribution < -0.4 is 0 Å². The molecule has 0 radical (unpaired) electrons. The molecule has 2 rings (SSSR count). The Balaban J connectivity index is 2.35. The predicted octanol–water partition coefficient (Wildman–Crippen LogP) is 5.50. The van der Waals surface area contributed by atoms with Crippen LogP contribution in [-0.4, -0.2) is 10.7 Å². The second-order valence-corrected chi connectivity index (χ2v) is 8.13. The van der Waals surface area contributed by atoms with Gasteiger partial charge < -0.3 is 5.11 Å². The zero-order valence-corrected chi connectivity index (χ0v) is 14.7. The van der Waals surface area contributed by atoms with Gasteiger partial charge in [-0.25, -0.2) is 0 Å². The van der Waals surface area contributed by atoms with Crippen LogP contribution in [0.3, 0.4) is 0 Å². The van der Waals surface area contributed by atoms with Gasteiger partial charge in [0.25, 0.3) is 0 Å². The Morgan fingerprint density at radius 2 is 1.86 bits per heavy atom. The molecule has 0 saturated heterocycles. The molecule has 0 amide bonds. The Kier molecular flexibility index (Phi) is 5.35. The molecule has 2 aliphatic rings. The van der Waals surface area contributed by atoms with Gasteiger partial charge in [-0.1, -0.05) is 37.1 Å². The maximum absolute atomic E-state index is 11.0. The van der Waals surface area contributed by atoms with Crippen molar-refractivity contribution in [1.82, 2.24) is 0 Å². The van der Waals surface area contributed by atoms with E-state index in [1.165, 1.54) is 30.4 Å². The third-order valence-electron chi connectivity index (χ3n) is 5.96. The molecule has 1 fully saturated rings. The summed E-state index contributed by atoms with van der Waals surface area (Å²) in [6.07, 6.45) is 11.7. The lowest BCUT2D eigenvalue weighted by Crippen LogP contribution is -2.47. The molecule has 4 atom stereocenters. The first kappa shape index (κ1) is 16.8. The van der Waals surface area contributed by atoms with E-state index in [0.29, 0.717) is 17.8 Å². The minimum absolute atomic E-state index is 0.412. The van der Waals surface area contributed by atoms with Crippen LogP contribution in [-0.2, 0) is 0 Å². The molecule has 1 N–H and O–H groups in total. The monoisotopic (exact) mass is 290 g/mol. The van der Waals surface area contributed by atoms with Gasteiger partial charge in [-0.15, -0.1) is 0 Å². The van der Waals surface area contributed by atoms with Gasteiger partial charge in [-0.3, -0.25) is 0 Å². The topological polar surface area (TPSA) is 20.2 Å². The Hall–Kier alpha value is -0.560. The van der Waals surface area contributed by atoms with Crippen molar-refractivity contribution in [3.05, 3.63) is 23.3 Å². The summed E-state index contributed by atoms with van der Waals surface area (Å²) in [6, 6.07) is 0. The van der Waals surface area contributed by atoms with Crippen LogP contribution in [0.4, 0.5) is 0 Å². The van der Waals surface area contributed by atoms with Gasteiger partial charge in [0, 0.05) is 0 Å². The summed E-state index contributed by atoms with van der Waals surface area (Å²) in [4.78, 5) is 0. The highest BCUT2D eigenvalue weighted by atomic mass is 16.3. The fraction of sp³-hybridized carbons (Fsp3) is 0.800. The Morgan fingerprint density at radius 1 is 1.14 bits per heavy atom. The largest absolute Gasteiger partial charge is 0.390 e. The third kappa shape index (κ3) is 4.00. The van der Waals surface area contributed by atoms with Gasteiger partial charge in [0.1, 0.15) is 0 Å². The number of hydrogen-bond acceptors (Lipinski definition) is 1. The zero-order valence-electron chi connectivity index (χ0n) is 14.7. The van der Waals surface area contributed by atoms with Gasteiger partial charge in [0.2, 0.25) is 0 Å². The van der Waals surface area contributed by atoms with Crippen molar-refractivity contribution >= 4 is 0 Å². The lowest BCUT2D eigenvalue weighted by molar-refractivity contribution is -0.0780. The van der Waals surface area contributed by atoms with Gasteiger partial charge in [0.05, 0.1) is 5.60 Å². The quantitative estimate of drug-likeness (QED) is 0.632. The van der Waals surface area contributed by atoms with Crippen molar-refractivity contribution in [2.75, 3.05) is 0 Å². The molecule has 120 valence electrons. The first-order valence-corrected chi connectivity index (χ1v) is 8.86.